The molecule has 0 atom stereocenters. The Morgan fingerprint density at radius 1 is 1.15 bits per heavy atom. The summed E-state index contributed by atoms with van der Waals surface area (Å²) in [5.74, 6) is 0.212. The molecule has 0 amide bonds. The van der Waals surface area contributed by atoms with E-state index in [9.17, 15) is 9.59 Å². The summed E-state index contributed by atoms with van der Waals surface area (Å²) in [6, 6.07) is 18.3. The Labute approximate surface area is 204 Å². The summed E-state index contributed by atoms with van der Waals surface area (Å²) in [6.07, 6.45) is 4.13. The van der Waals surface area contributed by atoms with Gasteiger partial charge >= 0.3 is 5.97 Å². The highest BCUT2D eigenvalue weighted by atomic mass is 32.2. The van der Waals surface area contributed by atoms with Crippen molar-refractivity contribution in [2.45, 2.75) is 42.9 Å². The average molecular weight is 488 g/mol. The smallest absolute Gasteiger partial charge is 0.339 e. The molecule has 1 aliphatic rings. The second kappa shape index (κ2) is 9.84. The molecule has 2 aromatic carbocycles. The molecule has 170 valence electrons. The van der Waals surface area contributed by atoms with E-state index in [0.717, 1.165) is 41.8 Å². The first-order chi connectivity index (χ1) is 16.6. The number of hydrogen-bond donors (Lipinski definition) is 0. The van der Waals surface area contributed by atoms with E-state index >= 15 is 0 Å². The van der Waals surface area contributed by atoms with Crippen molar-refractivity contribution < 1.29 is 9.53 Å². The van der Waals surface area contributed by atoms with E-state index in [2.05, 4.69) is 11.1 Å². The minimum atomic E-state index is -0.449. The van der Waals surface area contributed by atoms with Gasteiger partial charge in [0.1, 0.15) is 6.61 Å². The molecular formula is C26H21N3O3S2. The third-order valence-corrected chi connectivity index (χ3v) is 8.04. The second-order valence-electron chi connectivity index (χ2n) is 8.05. The third kappa shape index (κ3) is 4.63. The predicted octanol–water partition coefficient (Wildman–Crippen LogP) is 5.16. The molecule has 2 heterocycles. The summed E-state index contributed by atoms with van der Waals surface area (Å²) in [4.78, 5) is 32.9. The highest BCUT2D eigenvalue weighted by molar-refractivity contribution is 7.98. The van der Waals surface area contributed by atoms with Crippen LogP contribution in [0, 0.1) is 11.3 Å². The number of esters is 1. The van der Waals surface area contributed by atoms with Crippen LogP contribution >= 0.6 is 23.1 Å². The largest absolute Gasteiger partial charge is 0.456 e. The minimum absolute atomic E-state index is 0.0538. The maximum absolute atomic E-state index is 12.9. The first kappa shape index (κ1) is 22.4. The molecule has 0 saturated heterocycles. The van der Waals surface area contributed by atoms with Crippen molar-refractivity contribution in [1.82, 2.24) is 9.38 Å². The van der Waals surface area contributed by atoms with Crippen LogP contribution in [-0.2, 0) is 29.9 Å². The van der Waals surface area contributed by atoms with Gasteiger partial charge in [-0.15, -0.1) is 23.1 Å². The number of rotatable bonds is 6. The van der Waals surface area contributed by atoms with E-state index in [1.165, 1.54) is 22.7 Å². The molecule has 4 aromatic rings. The van der Waals surface area contributed by atoms with Gasteiger partial charge in [-0.2, -0.15) is 5.26 Å². The molecular weight excluding hydrogens is 466 g/mol. The normalized spacial score (nSPS) is 12.8. The van der Waals surface area contributed by atoms with Gasteiger partial charge in [0.2, 0.25) is 0 Å². The minimum Gasteiger partial charge on any atom is -0.456 e. The Morgan fingerprint density at radius 2 is 1.94 bits per heavy atom. The van der Waals surface area contributed by atoms with E-state index in [0.29, 0.717) is 27.5 Å². The Bertz CT molecular complexity index is 1470. The number of carbonyl (C=O) groups excluding carboxylic acids is 1. The summed E-state index contributed by atoms with van der Waals surface area (Å²) < 4.78 is 7.26. The summed E-state index contributed by atoms with van der Waals surface area (Å²) >= 11 is 3.09. The van der Waals surface area contributed by atoms with E-state index in [4.69, 9.17) is 10.00 Å². The number of nitrogens with zero attached hydrogens (tertiary/aromatic N) is 3. The molecule has 0 N–H and O–H groups in total. The van der Waals surface area contributed by atoms with Crippen LogP contribution in [0.5, 0.6) is 0 Å². The second-order valence-corrected chi connectivity index (χ2v) is 10.1. The monoisotopic (exact) mass is 487 g/mol. The lowest BCUT2D eigenvalue weighted by Crippen LogP contribution is -2.18. The lowest BCUT2D eigenvalue weighted by Gasteiger charge is -2.10. The fourth-order valence-corrected chi connectivity index (χ4v) is 6.26. The number of carbonyl (C=O) groups is 1. The Kier molecular flexibility index (Phi) is 6.48. The van der Waals surface area contributed by atoms with Crippen molar-refractivity contribution in [3.8, 4) is 6.07 Å². The van der Waals surface area contributed by atoms with Crippen LogP contribution in [0.1, 0.15) is 50.6 Å². The fraction of sp³-hybridized carbons (Fsp3) is 0.231. The van der Waals surface area contributed by atoms with Crippen molar-refractivity contribution in [3.05, 3.63) is 97.9 Å². The number of ether oxygens (including phenoxy) is 1. The molecule has 0 spiro atoms. The number of hydrogen-bond acceptors (Lipinski definition) is 7. The summed E-state index contributed by atoms with van der Waals surface area (Å²) in [5, 5.41) is 8.94. The first-order valence-electron chi connectivity index (χ1n) is 11.0. The lowest BCUT2D eigenvalue weighted by atomic mass is 10.0. The van der Waals surface area contributed by atoms with Crippen LogP contribution in [0.3, 0.4) is 0 Å². The number of nitriles is 1. The zero-order valence-electron chi connectivity index (χ0n) is 18.3. The molecule has 5 rings (SSSR count). The molecule has 0 bridgehead atoms. The fourth-order valence-electron chi connectivity index (χ4n) is 4.03. The van der Waals surface area contributed by atoms with Gasteiger partial charge < -0.3 is 4.74 Å². The quantitative estimate of drug-likeness (QED) is 0.276. The van der Waals surface area contributed by atoms with Gasteiger partial charge in [0.05, 0.1) is 22.9 Å². The van der Waals surface area contributed by atoms with Crippen LogP contribution in [-0.4, -0.2) is 15.4 Å². The van der Waals surface area contributed by atoms with E-state index < -0.39 is 5.97 Å². The molecule has 6 nitrogen and oxygen atoms in total. The number of benzene rings is 2. The Balaban J connectivity index is 1.29. The zero-order chi connectivity index (χ0) is 23.5. The predicted molar refractivity (Wildman–Crippen MR) is 132 cm³/mol. The van der Waals surface area contributed by atoms with Crippen molar-refractivity contribution >= 4 is 34.0 Å². The number of aromatic nitrogens is 2. The van der Waals surface area contributed by atoms with Crippen LogP contribution in [0.25, 0.3) is 4.96 Å². The van der Waals surface area contributed by atoms with Crippen LogP contribution < -0.4 is 5.56 Å². The van der Waals surface area contributed by atoms with Crippen LogP contribution in [0.15, 0.2) is 64.3 Å². The van der Waals surface area contributed by atoms with Gasteiger partial charge in [0.25, 0.3) is 5.56 Å². The average Bonchev–Trinajstić information content (AvgIpc) is 3.25. The molecule has 2 aromatic heterocycles. The standard InChI is InChI=1S/C26H21N3O3S2/c27-14-17-9-11-18(12-10-17)16-33-22-7-3-1-5-20(22)25(31)32-15-19-13-24(30)29-21-6-2-4-8-23(21)34-26(29)28-19/h1,3,5,7,9-13H,2,4,6,8,15-16H2. The highest BCUT2D eigenvalue weighted by Gasteiger charge is 2.19. The highest BCUT2D eigenvalue weighted by Crippen LogP contribution is 2.29. The number of aryl methyl sites for hydroxylation is 2. The maximum atomic E-state index is 12.9. The SMILES string of the molecule is N#Cc1ccc(CSc2ccccc2C(=O)OCc2cc(=O)n3c4c(sc3n2)CCCC4)cc1. The van der Waals surface area contributed by atoms with E-state index in [-0.39, 0.29) is 12.2 Å². The molecule has 34 heavy (non-hydrogen) atoms. The van der Waals surface area contributed by atoms with Gasteiger partial charge in [-0.25, -0.2) is 9.78 Å². The third-order valence-electron chi connectivity index (χ3n) is 5.75. The summed E-state index contributed by atoms with van der Waals surface area (Å²) in [6.45, 7) is -0.0538. The number of thioether (sulfide) groups is 1. The summed E-state index contributed by atoms with van der Waals surface area (Å²) in [7, 11) is 0. The zero-order valence-corrected chi connectivity index (χ0v) is 20.0. The molecule has 0 radical (unpaired) electrons. The Morgan fingerprint density at radius 3 is 2.76 bits per heavy atom. The van der Waals surface area contributed by atoms with Gasteiger partial charge in [-0.1, -0.05) is 24.3 Å². The van der Waals surface area contributed by atoms with Gasteiger partial charge in [0.15, 0.2) is 4.96 Å². The van der Waals surface area contributed by atoms with Crippen molar-refractivity contribution in [2.24, 2.45) is 0 Å². The summed E-state index contributed by atoms with van der Waals surface area (Å²) in [5.41, 5.74) is 3.58. The topological polar surface area (TPSA) is 84.5 Å². The van der Waals surface area contributed by atoms with E-state index in [1.54, 1.807) is 40.0 Å². The molecule has 0 saturated carbocycles. The van der Waals surface area contributed by atoms with Crippen LogP contribution in [0.4, 0.5) is 0 Å². The molecule has 8 heteroatoms. The maximum Gasteiger partial charge on any atom is 0.339 e. The number of thiazole rings is 1. The molecule has 0 unspecified atom stereocenters. The van der Waals surface area contributed by atoms with Crippen LogP contribution in [0.2, 0.25) is 0 Å². The molecule has 1 aliphatic carbocycles. The van der Waals surface area contributed by atoms with Crippen molar-refractivity contribution in [1.29, 1.82) is 5.26 Å². The van der Waals surface area contributed by atoms with Gasteiger partial charge in [-0.05, 0) is 55.5 Å². The molecule has 0 aliphatic heterocycles. The molecule has 0 fully saturated rings. The van der Waals surface area contributed by atoms with E-state index in [1.807, 2.05) is 24.3 Å². The van der Waals surface area contributed by atoms with Crippen molar-refractivity contribution in [2.75, 3.05) is 0 Å². The van der Waals surface area contributed by atoms with Crippen molar-refractivity contribution in [3.63, 3.8) is 0 Å². The number of fused-ring (bicyclic) bond motifs is 3. The first-order valence-corrected chi connectivity index (χ1v) is 12.8. The van der Waals surface area contributed by atoms with Gasteiger partial charge in [-0.3, -0.25) is 9.20 Å². The lowest BCUT2D eigenvalue weighted by molar-refractivity contribution is 0.0463. The Hall–Kier alpha value is -3.41. The van der Waals surface area contributed by atoms with Gasteiger partial charge in [0, 0.05) is 27.3 Å².